The van der Waals surface area contributed by atoms with Gasteiger partial charge in [0.2, 0.25) is 0 Å². The molecule has 0 aliphatic rings. The largest absolute Gasteiger partial charge is 0.303 e. The lowest BCUT2D eigenvalue weighted by Gasteiger charge is -2.31. The maximum atomic E-state index is 10.3. The fraction of sp³-hybridized carbons (Fsp3) is 0.333. The number of carbonyl (C=O) groups is 1. The zero-order chi connectivity index (χ0) is 12.0. The standard InChI is InChI=1S/C12H18N2OSi/c1-16(2,3)14(13-10-7-11-15)12-8-5-4-6-9-12/h4-6,8-11H,7H2,1-3H3/b13-10+. The maximum Gasteiger partial charge on any atom is 0.176 e. The number of benzene rings is 1. The lowest BCUT2D eigenvalue weighted by atomic mass is 10.3. The normalized spacial score (nSPS) is 11.7. The molecule has 0 fully saturated rings. The lowest BCUT2D eigenvalue weighted by molar-refractivity contribution is -0.106. The number of hydrazone groups is 1. The molecule has 0 bridgehead atoms. The van der Waals surface area contributed by atoms with Crippen molar-refractivity contribution in [1.82, 2.24) is 0 Å². The average Bonchev–Trinajstić information content (AvgIpc) is 2.24. The Kier molecular flexibility index (Phi) is 4.43. The fourth-order valence-electron chi connectivity index (χ4n) is 1.37. The van der Waals surface area contributed by atoms with Gasteiger partial charge in [-0.2, -0.15) is 5.10 Å². The second-order valence-electron chi connectivity index (χ2n) is 4.52. The first-order valence-corrected chi connectivity index (χ1v) is 8.82. The van der Waals surface area contributed by atoms with Gasteiger partial charge >= 0.3 is 0 Å². The summed E-state index contributed by atoms with van der Waals surface area (Å²) in [5.41, 5.74) is 1.09. The van der Waals surface area contributed by atoms with E-state index in [9.17, 15) is 4.79 Å². The molecule has 0 aliphatic heterocycles. The van der Waals surface area contributed by atoms with Crippen molar-refractivity contribution >= 4 is 26.4 Å². The second kappa shape index (κ2) is 5.60. The van der Waals surface area contributed by atoms with Crippen molar-refractivity contribution in [2.75, 3.05) is 4.67 Å². The van der Waals surface area contributed by atoms with E-state index < -0.39 is 8.24 Å². The van der Waals surface area contributed by atoms with E-state index in [0.717, 1.165) is 12.0 Å². The zero-order valence-corrected chi connectivity index (χ0v) is 11.1. The first kappa shape index (κ1) is 12.6. The van der Waals surface area contributed by atoms with Gasteiger partial charge in [-0.25, -0.2) is 0 Å². The van der Waals surface area contributed by atoms with Crippen molar-refractivity contribution in [2.24, 2.45) is 5.10 Å². The predicted octanol–water partition coefficient (Wildman–Crippen LogP) is 2.90. The zero-order valence-electron chi connectivity index (χ0n) is 10.1. The molecule has 0 radical (unpaired) electrons. The second-order valence-corrected chi connectivity index (χ2v) is 9.28. The molecule has 1 aromatic carbocycles. The number of aldehydes is 1. The van der Waals surface area contributed by atoms with Crippen LogP contribution in [0.15, 0.2) is 35.4 Å². The Morgan fingerprint density at radius 2 is 1.88 bits per heavy atom. The number of hydrogen-bond donors (Lipinski definition) is 0. The van der Waals surface area contributed by atoms with Crippen LogP contribution in [0.2, 0.25) is 19.6 Å². The molecule has 86 valence electrons. The number of anilines is 1. The number of hydrogen-bond acceptors (Lipinski definition) is 3. The van der Waals surface area contributed by atoms with Gasteiger partial charge in [-0.15, -0.1) is 0 Å². The summed E-state index contributed by atoms with van der Waals surface area (Å²) in [5.74, 6) is 0. The smallest absolute Gasteiger partial charge is 0.176 e. The molecule has 4 heteroatoms. The van der Waals surface area contributed by atoms with Crippen molar-refractivity contribution < 1.29 is 4.79 Å². The van der Waals surface area contributed by atoms with Gasteiger partial charge in [-0.3, -0.25) is 4.67 Å². The average molecular weight is 234 g/mol. The Morgan fingerprint density at radius 3 is 2.38 bits per heavy atom. The Hall–Kier alpha value is -1.42. The summed E-state index contributed by atoms with van der Waals surface area (Å²) in [6.45, 7) is 6.66. The minimum absolute atomic E-state index is 0.369. The van der Waals surface area contributed by atoms with Gasteiger partial charge in [0, 0.05) is 18.3 Å². The molecule has 0 atom stereocenters. The van der Waals surface area contributed by atoms with Crippen LogP contribution < -0.4 is 4.67 Å². The number of carbonyl (C=O) groups excluding carboxylic acids is 1. The molecule has 0 amide bonds. The molecule has 1 rings (SSSR count). The number of rotatable bonds is 5. The van der Waals surface area contributed by atoms with Crippen LogP contribution in [-0.2, 0) is 4.79 Å². The summed E-state index contributed by atoms with van der Waals surface area (Å²) in [5, 5.41) is 4.39. The Balaban J connectivity index is 2.93. The summed E-state index contributed by atoms with van der Waals surface area (Å²) in [6.07, 6.45) is 2.89. The molecule has 16 heavy (non-hydrogen) atoms. The summed E-state index contributed by atoms with van der Waals surface area (Å²) >= 11 is 0. The quantitative estimate of drug-likeness (QED) is 0.340. The first-order chi connectivity index (χ1) is 7.55. The number of para-hydroxylation sites is 1. The van der Waals surface area contributed by atoms with Crippen LogP contribution in [0.3, 0.4) is 0 Å². The summed E-state index contributed by atoms with van der Waals surface area (Å²) in [6, 6.07) is 10.1. The van der Waals surface area contributed by atoms with E-state index in [1.807, 2.05) is 30.3 Å². The van der Waals surface area contributed by atoms with E-state index in [4.69, 9.17) is 0 Å². The first-order valence-electron chi connectivity index (χ1n) is 5.37. The van der Waals surface area contributed by atoms with Crippen molar-refractivity contribution in [3.63, 3.8) is 0 Å². The van der Waals surface area contributed by atoms with Gasteiger partial charge in [0.1, 0.15) is 6.29 Å². The van der Waals surface area contributed by atoms with E-state index in [2.05, 4.69) is 29.4 Å². The fourth-order valence-corrected chi connectivity index (χ4v) is 2.72. The van der Waals surface area contributed by atoms with Gasteiger partial charge < -0.3 is 4.79 Å². The van der Waals surface area contributed by atoms with Gasteiger partial charge in [-0.1, -0.05) is 18.2 Å². The predicted molar refractivity (Wildman–Crippen MR) is 71.4 cm³/mol. The Morgan fingerprint density at radius 1 is 1.25 bits per heavy atom. The molecule has 0 saturated carbocycles. The summed E-state index contributed by atoms with van der Waals surface area (Å²) in [4.78, 5) is 10.3. The minimum atomic E-state index is -1.56. The van der Waals surface area contributed by atoms with Crippen LogP contribution in [0.4, 0.5) is 5.69 Å². The van der Waals surface area contributed by atoms with E-state index in [-0.39, 0.29) is 0 Å². The molecule has 0 saturated heterocycles. The highest BCUT2D eigenvalue weighted by Gasteiger charge is 2.23. The van der Waals surface area contributed by atoms with Gasteiger partial charge in [0.25, 0.3) is 0 Å². The lowest BCUT2D eigenvalue weighted by Crippen LogP contribution is -2.42. The molecule has 0 N–H and O–H groups in total. The highest BCUT2D eigenvalue weighted by atomic mass is 28.3. The Labute approximate surface area is 97.9 Å². The van der Waals surface area contributed by atoms with Crippen molar-refractivity contribution in [2.45, 2.75) is 26.1 Å². The SMILES string of the molecule is C[Si](C)(C)N(/N=C/CC=O)c1ccccc1. The maximum absolute atomic E-state index is 10.3. The van der Waals surface area contributed by atoms with Crippen LogP contribution >= 0.6 is 0 Å². The van der Waals surface area contributed by atoms with Gasteiger partial charge in [-0.05, 0) is 31.8 Å². The van der Waals surface area contributed by atoms with E-state index in [1.54, 1.807) is 6.21 Å². The van der Waals surface area contributed by atoms with E-state index >= 15 is 0 Å². The molecule has 3 nitrogen and oxygen atoms in total. The van der Waals surface area contributed by atoms with Crippen LogP contribution in [-0.4, -0.2) is 20.7 Å². The van der Waals surface area contributed by atoms with Crippen LogP contribution in [0, 0.1) is 0 Å². The van der Waals surface area contributed by atoms with Crippen LogP contribution in [0.1, 0.15) is 6.42 Å². The molecule has 1 aromatic rings. The summed E-state index contributed by atoms with van der Waals surface area (Å²) < 4.78 is 2.05. The van der Waals surface area contributed by atoms with Crippen LogP contribution in [0.25, 0.3) is 0 Å². The summed E-state index contributed by atoms with van der Waals surface area (Å²) in [7, 11) is -1.56. The molecule has 0 unspecified atom stereocenters. The van der Waals surface area contributed by atoms with Gasteiger partial charge in [0.05, 0.1) is 0 Å². The van der Waals surface area contributed by atoms with Crippen molar-refractivity contribution in [3.8, 4) is 0 Å². The highest BCUT2D eigenvalue weighted by molar-refractivity contribution is 6.79. The van der Waals surface area contributed by atoms with E-state index in [0.29, 0.717) is 6.42 Å². The highest BCUT2D eigenvalue weighted by Crippen LogP contribution is 2.21. The minimum Gasteiger partial charge on any atom is -0.303 e. The third-order valence-corrected chi connectivity index (χ3v) is 3.68. The third kappa shape index (κ3) is 3.62. The molecule has 0 spiro atoms. The van der Waals surface area contributed by atoms with Crippen molar-refractivity contribution in [1.29, 1.82) is 0 Å². The molecular weight excluding hydrogens is 216 g/mol. The molecular formula is C12H18N2OSi. The van der Waals surface area contributed by atoms with Crippen LogP contribution in [0.5, 0.6) is 0 Å². The number of nitrogens with zero attached hydrogens (tertiary/aromatic N) is 2. The van der Waals surface area contributed by atoms with Gasteiger partial charge in [0.15, 0.2) is 8.24 Å². The molecule has 0 aliphatic carbocycles. The van der Waals surface area contributed by atoms with Crippen molar-refractivity contribution in [3.05, 3.63) is 30.3 Å². The molecule has 0 aromatic heterocycles. The molecule has 0 heterocycles. The third-order valence-electron chi connectivity index (χ3n) is 2.03. The monoisotopic (exact) mass is 234 g/mol. The topological polar surface area (TPSA) is 32.7 Å². The van der Waals surface area contributed by atoms with E-state index in [1.165, 1.54) is 0 Å². The Bertz CT molecular complexity index is 357.